The van der Waals surface area contributed by atoms with Gasteiger partial charge < -0.3 is 14.6 Å². The summed E-state index contributed by atoms with van der Waals surface area (Å²) < 4.78 is 10.6. The van der Waals surface area contributed by atoms with Gasteiger partial charge in [-0.05, 0) is 30.2 Å². The van der Waals surface area contributed by atoms with Gasteiger partial charge in [-0.15, -0.1) is 0 Å². The van der Waals surface area contributed by atoms with Gasteiger partial charge in [0.15, 0.2) is 6.29 Å². The zero-order valence-electron chi connectivity index (χ0n) is 15.4. The van der Waals surface area contributed by atoms with Crippen LogP contribution >= 0.6 is 0 Å². The Hall–Kier alpha value is -2.44. The summed E-state index contributed by atoms with van der Waals surface area (Å²) in [7, 11) is 1.60. The van der Waals surface area contributed by atoms with Crippen molar-refractivity contribution in [2.24, 2.45) is 5.92 Å². The summed E-state index contributed by atoms with van der Waals surface area (Å²) in [6, 6.07) is 15.6. The van der Waals surface area contributed by atoms with Crippen molar-refractivity contribution in [3.8, 4) is 5.75 Å². The predicted molar refractivity (Wildman–Crippen MR) is 99.4 cm³/mol. The van der Waals surface area contributed by atoms with Crippen LogP contribution in [-0.4, -0.2) is 35.6 Å². The third-order valence-electron chi connectivity index (χ3n) is 6.21. The van der Waals surface area contributed by atoms with Crippen molar-refractivity contribution in [1.29, 1.82) is 0 Å². The molecule has 1 saturated heterocycles. The Bertz CT molecular complexity index is 835. The molecule has 1 unspecified atom stereocenters. The van der Waals surface area contributed by atoms with Gasteiger partial charge >= 0.3 is 0 Å². The SMILES string of the molecule is COc1ccc([C@@H]2[C@@H](c3ccc(C)cc3)[C@@H]3CC(O)OC[C@]23[N+](=O)[O-])cc1. The van der Waals surface area contributed by atoms with E-state index in [9.17, 15) is 15.2 Å². The molecule has 0 aromatic heterocycles. The van der Waals surface area contributed by atoms with Gasteiger partial charge in [0.1, 0.15) is 12.4 Å². The molecule has 0 amide bonds. The van der Waals surface area contributed by atoms with Gasteiger partial charge in [-0.3, -0.25) is 10.1 Å². The Balaban J connectivity index is 1.81. The molecule has 2 aromatic rings. The quantitative estimate of drug-likeness (QED) is 0.661. The minimum Gasteiger partial charge on any atom is -0.497 e. The fraction of sp³-hybridized carbons (Fsp3) is 0.429. The first kappa shape index (κ1) is 17.9. The number of rotatable bonds is 4. The van der Waals surface area contributed by atoms with E-state index in [1.807, 2.05) is 55.5 Å². The molecule has 1 N–H and O–H groups in total. The third kappa shape index (κ3) is 2.71. The van der Waals surface area contributed by atoms with Crippen molar-refractivity contribution in [3.63, 3.8) is 0 Å². The summed E-state index contributed by atoms with van der Waals surface area (Å²) in [4.78, 5) is 12.0. The highest BCUT2D eigenvalue weighted by Gasteiger charge is 2.73. The number of aliphatic hydroxyl groups is 1. The molecule has 1 saturated carbocycles. The summed E-state index contributed by atoms with van der Waals surface area (Å²) in [6.07, 6.45) is -0.681. The van der Waals surface area contributed by atoms with Crippen LogP contribution < -0.4 is 4.74 Å². The topological polar surface area (TPSA) is 81.8 Å². The molecule has 2 aliphatic rings. The molecule has 1 heterocycles. The summed E-state index contributed by atoms with van der Waals surface area (Å²) in [5.74, 6) is 0.0830. The molecule has 0 radical (unpaired) electrons. The number of methoxy groups -OCH3 is 1. The number of aliphatic hydroxyl groups excluding tert-OH is 1. The lowest BCUT2D eigenvalue weighted by Crippen LogP contribution is -2.69. The molecule has 0 bridgehead atoms. The molecule has 2 aromatic carbocycles. The highest BCUT2D eigenvalue weighted by Crippen LogP contribution is 2.64. The Labute approximate surface area is 157 Å². The first-order valence-electron chi connectivity index (χ1n) is 9.12. The van der Waals surface area contributed by atoms with E-state index in [2.05, 4.69) is 0 Å². The third-order valence-corrected chi connectivity index (χ3v) is 6.21. The van der Waals surface area contributed by atoms with Crippen molar-refractivity contribution in [1.82, 2.24) is 0 Å². The van der Waals surface area contributed by atoms with Crippen LogP contribution in [-0.2, 0) is 4.74 Å². The lowest BCUT2D eigenvalue weighted by molar-refractivity contribution is -0.620. The number of aryl methyl sites for hydroxylation is 1. The molecule has 5 atom stereocenters. The average molecular weight is 369 g/mol. The maximum absolute atomic E-state index is 12.2. The van der Waals surface area contributed by atoms with Gasteiger partial charge in [0.05, 0.1) is 13.0 Å². The number of nitrogens with zero attached hydrogens (tertiary/aromatic N) is 1. The molecule has 142 valence electrons. The fourth-order valence-corrected chi connectivity index (χ4v) is 4.85. The minimum atomic E-state index is -1.22. The van der Waals surface area contributed by atoms with Gasteiger partial charge in [-0.25, -0.2) is 0 Å². The molecule has 1 aliphatic heterocycles. The van der Waals surface area contributed by atoms with Crippen molar-refractivity contribution in [3.05, 3.63) is 75.3 Å². The van der Waals surface area contributed by atoms with Crippen LogP contribution in [0.2, 0.25) is 0 Å². The largest absolute Gasteiger partial charge is 0.497 e. The van der Waals surface area contributed by atoms with Crippen molar-refractivity contribution >= 4 is 0 Å². The summed E-state index contributed by atoms with van der Waals surface area (Å²) in [5, 5.41) is 22.2. The molecule has 4 rings (SSSR count). The smallest absolute Gasteiger partial charge is 0.256 e. The number of ether oxygens (including phenoxy) is 2. The monoisotopic (exact) mass is 369 g/mol. The van der Waals surface area contributed by atoms with Crippen LogP contribution in [0.25, 0.3) is 0 Å². The molecular formula is C21H23NO5. The predicted octanol–water partition coefficient (Wildman–Crippen LogP) is 3.26. The van der Waals surface area contributed by atoms with Crippen LogP contribution in [0.5, 0.6) is 5.75 Å². The van der Waals surface area contributed by atoms with Gasteiger partial charge in [-0.1, -0.05) is 42.0 Å². The maximum Gasteiger partial charge on any atom is 0.256 e. The van der Waals surface area contributed by atoms with Gasteiger partial charge in [0.2, 0.25) is 0 Å². The average Bonchev–Trinajstić information content (AvgIpc) is 2.66. The van der Waals surface area contributed by atoms with Gasteiger partial charge in [0, 0.05) is 23.2 Å². The Kier molecular flexibility index (Phi) is 4.40. The normalized spacial score (nSPS) is 32.3. The number of hydrogen-bond donors (Lipinski definition) is 1. The summed E-state index contributed by atoms with van der Waals surface area (Å²) in [5.41, 5.74) is 1.89. The van der Waals surface area contributed by atoms with E-state index >= 15 is 0 Å². The molecule has 6 nitrogen and oxygen atoms in total. The van der Waals surface area contributed by atoms with Crippen LogP contribution in [0, 0.1) is 23.0 Å². The molecule has 27 heavy (non-hydrogen) atoms. The number of fused-ring (bicyclic) bond motifs is 1. The van der Waals surface area contributed by atoms with Crippen LogP contribution in [0.3, 0.4) is 0 Å². The number of nitro groups is 1. The second-order valence-electron chi connectivity index (χ2n) is 7.54. The van der Waals surface area contributed by atoms with Crippen molar-refractivity contribution in [2.45, 2.75) is 37.0 Å². The summed E-state index contributed by atoms with van der Waals surface area (Å²) >= 11 is 0. The molecule has 6 heteroatoms. The van der Waals surface area contributed by atoms with E-state index in [1.54, 1.807) is 7.11 Å². The first-order chi connectivity index (χ1) is 13.0. The maximum atomic E-state index is 12.2. The standard InChI is InChI=1S/C21H23NO5/c1-13-3-5-14(6-4-13)19-17-11-18(23)27-12-21(17,22(24)25)20(19)15-7-9-16(26-2)10-8-15/h3-10,17-20,23H,11-12H2,1-2H3/t17-,18?,19-,20+,21+/m0/s1. The van der Waals surface area contributed by atoms with E-state index in [0.29, 0.717) is 5.75 Å². The first-order valence-corrected chi connectivity index (χ1v) is 9.12. The van der Waals surface area contributed by atoms with E-state index in [4.69, 9.17) is 9.47 Å². The van der Waals surface area contributed by atoms with Gasteiger partial charge in [-0.2, -0.15) is 0 Å². The van der Waals surface area contributed by atoms with Gasteiger partial charge in [0.25, 0.3) is 5.54 Å². The second-order valence-corrected chi connectivity index (χ2v) is 7.54. The lowest BCUT2D eigenvalue weighted by atomic mass is 9.46. The van der Waals surface area contributed by atoms with Crippen LogP contribution in [0.15, 0.2) is 48.5 Å². The summed E-state index contributed by atoms with van der Waals surface area (Å²) in [6.45, 7) is 1.94. The van der Waals surface area contributed by atoms with E-state index in [0.717, 1.165) is 16.7 Å². The molecule has 1 aliphatic carbocycles. The molecule has 2 fully saturated rings. The van der Waals surface area contributed by atoms with E-state index in [1.165, 1.54) is 0 Å². The van der Waals surface area contributed by atoms with Crippen LogP contribution in [0.4, 0.5) is 0 Å². The van der Waals surface area contributed by atoms with E-state index < -0.39 is 11.8 Å². The Morgan fingerprint density at radius 1 is 1.15 bits per heavy atom. The highest BCUT2D eigenvalue weighted by atomic mass is 16.6. The second kappa shape index (κ2) is 6.62. The van der Waals surface area contributed by atoms with E-state index in [-0.39, 0.29) is 35.7 Å². The Morgan fingerprint density at radius 2 is 1.78 bits per heavy atom. The zero-order chi connectivity index (χ0) is 19.2. The lowest BCUT2D eigenvalue weighted by Gasteiger charge is -2.57. The van der Waals surface area contributed by atoms with Crippen LogP contribution in [0.1, 0.15) is 34.9 Å². The molecular weight excluding hydrogens is 346 g/mol. The Morgan fingerprint density at radius 3 is 2.37 bits per heavy atom. The fourth-order valence-electron chi connectivity index (χ4n) is 4.85. The molecule has 0 spiro atoms. The minimum absolute atomic E-state index is 0.0389. The van der Waals surface area contributed by atoms with Crippen molar-refractivity contribution < 1.29 is 19.5 Å². The number of hydrogen-bond acceptors (Lipinski definition) is 5. The highest BCUT2D eigenvalue weighted by molar-refractivity contribution is 5.42. The number of benzene rings is 2. The van der Waals surface area contributed by atoms with Crippen molar-refractivity contribution in [2.75, 3.05) is 13.7 Å². The zero-order valence-corrected chi connectivity index (χ0v) is 15.4.